The van der Waals surface area contributed by atoms with Crippen molar-refractivity contribution in [2.75, 3.05) is 26.8 Å². The summed E-state index contributed by atoms with van der Waals surface area (Å²) < 4.78 is 47.5. The number of ether oxygens (including phenoxy) is 2. The minimum atomic E-state index is -4.79. The topological polar surface area (TPSA) is 50.7 Å². The van der Waals surface area contributed by atoms with Crippen LogP contribution < -0.4 is 10.1 Å². The molecule has 0 radical (unpaired) electrons. The molecule has 1 aromatic carbocycles. The fraction of sp³-hybridized carbons (Fsp3) is 0.667. The summed E-state index contributed by atoms with van der Waals surface area (Å²) in [6.45, 7) is 1.98. The van der Waals surface area contributed by atoms with Crippen molar-refractivity contribution in [3.63, 3.8) is 0 Å². The summed E-state index contributed by atoms with van der Waals surface area (Å²) in [6, 6.07) is 5.91. The largest absolute Gasteiger partial charge is 0.573 e. The molecule has 1 aliphatic heterocycles. The highest BCUT2D eigenvalue weighted by Crippen LogP contribution is 2.43. The van der Waals surface area contributed by atoms with Crippen molar-refractivity contribution in [2.24, 2.45) is 5.92 Å². The van der Waals surface area contributed by atoms with Gasteiger partial charge in [0.15, 0.2) is 0 Å². The van der Waals surface area contributed by atoms with Gasteiger partial charge in [0.2, 0.25) is 0 Å². The van der Waals surface area contributed by atoms with E-state index in [0.29, 0.717) is 26.0 Å². The van der Waals surface area contributed by atoms with E-state index in [1.807, 2.05) is 0 Å². The van der Waals surface area contributed by atoms with Gasteiger partial charge >= 0.3 is 6.36 Å². The maximum atomic E-state index is 12.8. The third kappa shape index (κ3) is 5.59. The quantitative estimate of drug-likeness (QED) is 0.695. The number of halogens is 3. The molecule has 2 N–H and O–H groups in total. The lowest BCUT2D eigenvalue weighted by atomic mass is 9.74. The van der Waals surface area contributed by atoms with Gasteiger partial charge in [0.1, 0.15) is 5.75 Å². The number of piperidine rings is 1. The van der Waals surface area contributed by atoms with E-state index in [-0.39, 0.29) is 17.2 Å². The van der Waals surface area contributed by atoms with Crippen molar-refractivity contribution in [3.05, 3.63) is 29.8 Å². The minimum absolute atomic E-state index is 0.165. The van der Waals surface area contributed by atoms with Gasteiger partial charge in [-0.15, -0.1) is 13.2 Å². The smallest absolute Gasteiger partial charge is 0.405 e. The van der Waals surface area contributed by atoms with Gasteiger partial charge < -0.3 is 19.9 Å². The zero-order valence-corrected chi connectivity index (χ0v) is 14.4. The van der Waals surface area contributed by atoms with E-state index >= 15 is 0 Å². The molecule has 1 fully saturated rings. The van der Waals surface area contributed by atoms with Gasteiger partial charge in [-0.25, -0.2) is 0 Å². The first-order chi connectivity index (χ1) is 11.9. The van der Waals surface area contributed by atoms with Gasteiger partial charge in [0.25, 0.3) is 0 Å². The highest BCUT2D eigenvalue weighted by molar-refractivity contribution is 5.39. The molecule has 2 atom stereocenters. The Hall–Kier alpha value is -1.31. The maximum Gasteiger partial charge on any atom is 0.573 e. The highest BCUT2D eigenvalue weighted by atomic mass is 19.4. The number of aliphatic hydroxyl groups is 1. The first-order valence-electron chi connectivity index (χ1n) is 8.64. The lowest BCUT2D eigenvalue weighted by Crippen LogP contribution is -2.44. The Labute approximate surface area is 146 Å². The second kappa shape index (κ2) is 8.87. The van der Waals surface area contributed by atoms with Crippen LogP contribution in [-0.4, -0.2) is 38.3 Å². The Kier molecular flexibility index (Phi) is 7.10. The van der Waals surface area contributed by atoms with Crippen LogP contribution in [0.5, 0.6) is 5.75 Å². The summed E-state index contributed by atoms with van der Waals surface area (Å²) in [4.78, 5) is 0. The molecular weight excluding hydrogens is 335 g/mol. The molecule has 0 amide bonds. The van der Waals surface area contributed by atoms with Crippen LogP contribution in [0.3, 0.4) is 0 Å². The predicted molar refractivity (Wildman–Crippen MR) is 88.3 cm³/mol. The van der Waals surface area contributed by atoms with Crippen LogP contribution in [0.2, 0.25) is 0 Å². The molecule has 1 aliphatic rings. The van der Waals surface area contributed by atoms with Gasteiger partial charge in [0, 0.05) is 31.7 Å². The zero-order chi connectivity index (χ0) is 18.3. The number of unbranched alkanes of at least 4 members (excludes halogenated alkanes) is 1. The van der Waals surface area contributed by atoms with Gasteiger partial charge in [-0.1, -0.05) is 18.2 Å². The summed E-state index contributed by atoms with van der Waals surface area (Å²) >= 11 is 0. The van der Waals surface area contributed by atoms with E-state index in [1.54, 1.807) is 13.2 Å². The van der Waals surface area contributed by atoms with E-state index in [2.05, 4.69) is 10.1 Å². The molecule has 0 spiro atoms. The molecule has 7 heteroatoms. The second-order valence-electron chi connectivity index (χ2n) is 6.46. The number of benzene rings is 1. The van der Waals surface area contributed by atoms with Crippen molar-refractivity contribution in [3.8, 4) is 5.75 Å². The van der Waals surface area contributed by atoms with Crippen molar-refractivity contribution < 1.29 is 27.8 Å². The van der Waals surface area contributed by atoms with Crippen molar-refractivity contribution >= 4 is 0 Å². The van der Waals surface area contributed by atoms with Crippen LogP contribution in [0.25, 0.3) is 0 Å². The maximum absolute atomic E-state index is 12.8. The van der Waals surface area contributed by atoms with Crippen LogP contribution >= 0.6 is 0 Å². The standard InChI is InChI=1S/C18H26F3NO3/c1-24-12-5-4-10-17(23,14-7-6-11-22-13-14)15-8-2-3-9-16(15)25-18(19,20)21/h2-3,8-9,14,22-23H,4-7,10-13H2,1H3/t14-,17+/m1/s1. The summed E-state index contributed by atoms with van der Waals surface area (Å²) in [7, 11) is 1.60. The third-order valence-corrected chi connectivity index (χ3v) is 4.71. The van der Waals surface area contributed by atoms with Crippen LogP contribution in [-0.2, 0) is 10.3 Å². The number of alkyl halides is 3. The average Bonchev–Trinajstić information content (AvgIpc) is 2.58. The lowest BCUT2D eigenvalue weighted by molar-refractivity contribution is -0.275. The van der Waals surface area contributed by atoms with E-state index < -0.39 is 12.0 Å². The molecule has 2 rings (SSSR count). The SMILES string of the molecule is COCCCC[C@@](O)(c1ccccc1OC(F)(F)F)[C@@H]1CCCNC1. The molecule has 4 nitrogen and oxygen atoms in total. The van der Waals surface area contributed by atoms with E-state index in [0.717, 1.165) is 25.8 Å². The number of methoxy groups -OCH3 is 1. The second-order valence-corrected chi connectivity index (χ2v) is 6.46. The van der Waals surface area contributed by atoms with Crippen molar-refractivity contribution in [1.82, 2.24) is 5.32 Å². The Morgan fingerprint density at radius 2 is 2.00 bits per heavy atom. The Balaban J connectivity index is 2.30. The van der Waals surface area contributed by atoms with Crippen LogP contribution in [0.4, 0.5) is 13.2 Å². The monoisotopic (exact) mass is 361 g/mol. The molecule has 0 bridgehead atoms. The van der Waals surface area contributed by atoms with Crippen molar-refractivity contribution in [2.45, 2.75) is 44.1 Å². The number of rotatable bonds is 8. The fourth-order valence-corrected chi connectivity index (χ4v) is 3.50. The molecule has 0 aromatic heterocycles. The fourth-order valence-electron chi connectivity index (χ4n) is 3.50. The molecular formula is C18H26F3NO3. The van der Waals surface area contributed by atoms with Crippen LogP contribution in [0.1, 0.15) is 37.7 Å². The predicted octanol–water partition coefficient (Wildman–Crippen LogP) is 3.59. The van der Waals surface area contributed by atoms with Crippen LogP contribution in [0, 0.1) is 5.92 Å². The van der Waals surface area contributed by atoms with E-state index in [4.69, 9.17) is 4.74 Å². The molecule has 1 saturated heterocycles. The Bertz CT molecular complexity index is 533. The molecule has 142 valence electrons. The molecule has 0 saturated carbocycles. The number of nitrogens with one attached hydrogen (secondary N) is 1. The van der Waals surface area contributed by atoms with E-state index in [1.165, 1.54) is 18.2 Å². The van der Waals surface area contributed by atoms with Crippen molar-refractivity contribution in [1.29, 1.82) is 0 Å². The summed E-state index contributed by atoms with van der Waals surface area (Å²) in [5, 5.41) is 14.7. The number of para-hydroxylation sites is 1. The van der Waals surface area contributed by atoms with Gasteiger partial charge in [0.05, 0.1) is 5.60 Å². The highest BCUT2D eigenvalue weighted by Gasteiger charge is 2.42. The summed E-state index contributed by atoms with van der Waals surface area (Å²) in [6.07, 6.45) is -1.40. The lowest BCUT2D eigenvalue weighted by Gasteiger charge is -2.40. The number of hydrogen-bond donors (Lipinski definition) is 2. The summed E-state index contributed by atoms with van der Waals surface area (Å²) in [5.41, 5.74) is -1.17. The minimum Gasteiger partial charge on any atom is -0.405 e. The normalized spacial score (nSPS) is 20.9. The molecule has 25 heavy (non-hydrogen) atoms. The van der Waals surface area contributed by atoms with Gasteiger partial charge in [-0.05, 0) is 44.7 Å². The van der Waals surface area contributed by atoms with E-state index in [9.17, 15) is 18.3 Å². The Morgan fingerprint density at radius 1 is 1.24 bits per heavy atom. The zero-order valence-electron chi connectivity index (χ0n) is 14.4. The Morgan fingerprint density at radius 3 is 2.64 bits per heavy atom. The average molecular weight is 361 g/mol. The molecule has 0 unspecified atom stereocenters. The summed E-state index contributed by atoms with van der Waals surface area (Å²) in [5.74, 6) is -0.489. The van der Waals surface area contributed by atoms with Gasteiger partial charge in [-0.2, -0.15) is 0 Å². The molecule has 1 aromatic rings. The first kappa shape index (κ1) is 20.0. The molecule has 1 heterocycles. The van der Waals surface area contributed by atoms with Crippen LogP contribution in [0.15, 0.2) is 24.3 Å². The van der Waals surface area contributed by atoms with Gasteiger partial charge in [-0.3, -0.25) is 0 Å². The first-order valence-corrected chi connectivity index (χ1v) is 8.64. The number of hydrogen-bond acceptors (Lipinski definition) is 4. The molecule has 0 aliphatic carbocycles. The third-order valence-electron chi connectivity index (χ3n) is 4.71.